The second-order valence-corrected chi connectivity index (χ2v) is 7.46. The number of pyridine rings is 1. The maximum Gasteiger partial charge on any atom is 0.315 e. The molecule has 2 N–H and O–H groups in total. The molecule has 0 spiro atoms. The number of aryl methyl sites for hydroxylation is 1. The summed E-state index contributed by atoms with van der Waals surface area (Å²) >= 11 is 3.19. The molecule has 0 unspecified atom stereocenters. The molecule has 4 aromatic rings. The van der Waals surface area contributed by atoms with Gasteiger partial charge in [-0.05, 0) is 40.9 Å². The number of thiazole rings is 1. The first-order chi connectivity index (χ1) is 12.1. The van der Waals surface area contributed by atoms with Crippen molar-refractivity contribution in [2.75, 3.05) is 5.73 Å². The summed E-state index contributed by atoms with van der Waals surface area (Å²) in [7, 11) is 0. The van der Waals surface area contributed by atoms with E-state index in [4.69, 9.17) is 10.5 Å². The van der Waals surface area contributed by atoms with E-state index in [-0.39, 0.29) is 12.4 Å². The summed E-state index contributed by atoms with van der Waals surface area (Å²) in [5.74, 6) is 0.581. The van der Waals surface area contributed by atoms with Crippen LogP contribution in [0.15, 0.2) is 35.0 Å². The molecule has 0 saturated heterocycles. The fraction of sp³-hybridized carbons (Fsp3) is 0.167. The minimum absolute atomic E-state index is 0.255. The summed E-state index contributed by atoms with van der Waals surface area (Å²) in [6.07, 6.45) is 1.11. The molecule has 0 atom stereocenters. The Bertz CT molecular complexity index is 1070. The first-order valence-corrected chi connectivity index (χ1v) is 9.60. The van der Waals surface area contributed by atoms with Crippen molar-refractivity contribution in [1.29, 1.82) is 0 Å². The van der Waals surface area contributed by atoms with Gasteiger partial charge in [0.1, 0.15) is 11.3 Å². The average molecular weight is 369 g/mol. The van der Waals surface area contributed by atoms with Crippen LogP contribution in [0.25, 0.3) is 21.1 Å². The highest BCUT2D eigenvalue weighted by molar-refractivity contribution is 7.19. The Balaban J connectivity index is 1.68. The van der Waals surface area contributed by atoms with E-state index in [9.17, 15) is 4.79 Å². The number of thiophene rings is 1. The van der Waals surface area contributed by atoms with Gasteiger partial charge in [0.15, 0.2) is 5.82 Å². The van der Waals surface area contributed by atoms with Crippen molar-refractivity contribution >= 4 is 55.6 Å². The molecule has 0 amide bonds. The van der Waals surface area contributed by atoms with Crippen LogP contribution >= 0.6 is 22.7 Å². The molecule has 3 heterocycles. The van der Waals surface area contributed by atoms with Gasteiger partial charge in [0.25, 0.3) is 0 Å². The van der Waals surface area contributed by atoms with Crippen molar-refractivity contribution in [3.8, 4) is 5.75 Å². The second kappa shape index (κ2) is 6.42. The number of anilines is 1. The quantitative estimate of drug-likeness (QED) is 0.431. The molecule has 0 bridgehead atoms. The number of nitrogen functional groups attached to an aromatic ring is 1. The predicted octanol–water partition coefficient (Wildman–Crippen LogP) is 4.20. The molecule has 1 aromatic carbocycles. The van der Waals surface area contributed by atoms with Crippen LogP contribution in [0.2, 0.25) is 0 Å². The molecular weight excluding hydrogens is 354 g/mol. The lowest BCUT2D eigenvalue weighted by Gasteiger charge is -2.06. The Labute approximate surface area is 152 Å². The number of nitrogens with zero attached hydrogens (tertiary/aromatic N) is 2. The molecular formula is C18H15N3O2S2. The molecule has 0 radical (unpaired) electrons. The van der Waals surface area contributed by atoms with E-state index < -0.39 is 0 Å². The molecule has 0 saturated carbocycles. The van der Waals surface area contributed by atoms with E-state index in [1.54, 1.807) is 34.8 Å². The number of hydrogen-bond acceptors (Lipinski definition) is 7. The number of esters is 1. The molecule has 5 nitrogen and oxygen atoms in total. The van der Waals surface area contributed by atoms with E-state index in [0.717, 1.165) is 32.6 Å². The minimum Gasteiger partial charge on any atom is -0.426 e. The van der Waals surface area contributed by atoms with Crippen LogP contribution in [0.4, 0.5) is 5.82 Å². The number of hydrogen-bond donors (Lipinski definition) is 1. The Morgan fingerprint density at radius 3 is 2.92 bits per heavy atom. The third-order valence-electron chi connectivity index (χ3n) is 3.83. The van der Waals surface area contributed by atoms with Gasteiger partial charge in [0.2, 0.25) is 0 Å². The normalized spacial score (nSPS) is 11.2. The summed E-state index contributed by atoms with van der Waals surface area (Å²) in [6.45, 7) is 2.06. The number of aromatic nitrogens is 2. The van der Waals surface area contributed by atoms with Gasteiger partial charge in [-0.15, -0.1) is 11.3 Å². The zero-order chi connectivity index (χ0) is 17.4. The molecule has 0 aliphatic carbocycles. The maximum absolute atomic E-state index is 12.1. The van der Waals surface area contributed by atoms with Gasteiger partial charge in [-0.3, -0.25) is 4.79 Å². The number of carbonyl (C=O) groups excluding carboxylic acids is 1. The Morgan fingerprint density at radius 2 is 2.16 bits per heavy atom. The minimum atomic E-state index is -0.294. The lowest BCUT2D eigenvalue weighted by Crippen LogP contribution is -2.10. The highest BCUT2D eigenvalue weighted by Gasteiger charge is 2.13. The van der Waals surface area contributed by atoms with Gasteiger partial charge < -0.3 is 10.5 Å². The molecule has 126 valence electrons. The van der Waals surface area contributed by atoms with E-state index in [2.05, 4.69) is 16.9 Å². The van der Waals surface area contributed by atoms with Gasteiger partial charge in [-0.25, -0.2) is 9.97 Å². The van der Waals surface area contributed by atoms with Gasteiger partial charge in [-0.2, -0.15) is 11.3 Å². The van der Waals surface area contributed by atoms with Gasteiger partial charge in [0.05, 0.1) is 21.6 Å². The number of nitrogens with two attached hydrogens (primary N) is 1. The van der Waals surface area contributed by atoms with Crippen molar-refractivity contribution in [3.05, 3.63) is 45.6 Å². The monoisotopic (exact) mass is 369 g/mol. The second-order valence-electron chi connectivity index (χ2n) is 5.60. The Kier molecular flexibility index (Phi) is 4.10. The van der Waals surface area contributed by atoms with E-state index >= 15 is 0 Å². The highest BCUT2D eigenvalue weighted by Crippen LogP contribution is 2.34. The smallest absolute Gasteiger partial charge is 0.315 e. The SMILES string of the molecule is CCc1nc2c(N)nc3cc(OC(=O)Cc4ccsc4)ccc3c2s1. The summed E-state index contributed by atoms with van der Waals surface area (Å²) in [4.78, 5) is 21.0. The van der Waals surface area contributed by atoms with Crippen LogP contribution in [0.3, 0.4) is 0 Å². The zero-order valence-electron chi connectivity index (χ0n) is 13.5. The number of benzene rings is 1. The first-order valence-electron chi connectivity index (χ1n) is 7.84. The van der Waals surface area contributed by atoms with Crippen LogP contribution in [0, 0.1) is 0 Å². The molecule has 4 rings (SSSR count). The lowest BCUT2D eigenvalue weighted by molar-refractivity contribution is -0.133. The molecule has 3 aromatic heterocycles. The van der Waals surface area contributed by atoms with Crippen molar-refractivity contribution in [3.63, 3.8) is 0 Å². The third kappa shape index (κ3) is 3.08. The fourth-order valence-corrected chi connectivity index (χ4v) is 4.36. The topological polar surface area (TPSA) is 78.1 Å². The van der Waals surface area contributed by atoms with E-state index in [1.165, 1.54) is 0 Å². The van der Waals surface area contributed by atoms with Crippen LogP contribution in [0.1, 0.15) is 17.5 Å². The number of ether oxygens (including phenoxy) is 1. The Morgan fingerprint density at radius 1 is 1.28 bits per heavy atom. The largest absolute Gasteiger partial charge is 0.426 e. The summed E-state index contributed by atoms with van der Waals surface area (Å²) in [5.41, 5.74) is 8.47. The molecule has 7 heteroatoms. The number of rotatable bonds is 4. The van der Waals surface area contributed by atoms with Crippen molar-refractivity contribution in [2.24, 2.45) is 0 Å². The van der Waals surface area contributed by atoms with Crippen LogP contribution in [0.5, 0.6) is 5.75 Å². The van der Waals surface area contributed by atoms with E-state index in [1.807, 2.05) is 22.9 Å². The predicted molar refractivity (Wildman–Crippen MR) is 102 cm³/mol. The van der Waals surface area contributed by atoms with Gasteiger partial charge >= 0.3 is 5.97 Å². The maximum atomic E-state index is 12.1. The van der Waals surface area contributed by atoms with Crippen molar-refractivity contribution in [1.82, 2.24) is 9.97 Å². The fourth-order valence-electron chi connectivity index (χ4n) is 2.64. The van der Waals surface area contributed by atoms with Crippen LogP contribution < -0.4 is 10.5 Å². The Hall–Kier alpha value is -2.51. The highest BCUT2D eigenvalue weighted by atomic mass is 32.1. The molecule has 0 aliphatic rings. The van der Waals surface area contributed by atoms with Crippen LogP contribution in [-0.2, 0) is 17.6 Å². The summed E-state index contributed by atoms with van der Waals surface area (Å²) in [5, 5.41) is 5.88. The molecule has 0 aliphatic heterocycles. The first kappa shape index (κ1) is 16.0. The third-order valence-corrected chi connectivity index (χ3v) is 5.80. The summed E-state index contributed by atoms with van der Waals surface area (Å²) in [6, 6.07) is 7.37. The van der Waals surface area contributed by atoms with Crippen molar-refractivity contribution < 1.29 is 9.53 Å². The van der Waals surface area contributed by atoms with Gasteiger partial charge in [0, 0.05) is 11.5 Å². The molecule has 25 heavy (non-hydrogen) atoms. The van der Waals surface area contributed by atoms with Crippen LogP contribution in [-0.4, -0.2) is 15.9 Å². The van der Waals surface area contributed by atoms with E-state index in [0.29, 0.717) is 17.1 Å². The number of carbonyl (C=O) groups is 1. The number of fused-ring (bicyclic) bond motifs is 3. The standard InChI is InChI=1S/C18H15N3O2S2/c1-2-14-21-16-17(25-14)12-4-3-11(8-13(12)20-18(16)19)23-15(22)7-10-5-6-24-9-10/h3-6,8-9H,2,7H2,1H3,(H2,19,20). The lowest BCUT2D eigenvalue weighted by atomic mass is 10.2. The zero-order valence-corrected chi connectivity index (χ0v) is 15.1. The van der Waals surface area contributed by atoms with Gasteiger partial charge in [-0.1, -0.05) is 6.92 Å². The summed E-state index contributed by atoms with van der Waals surface area (Å²) < 4.78 is 6.47. The van der Waals surface area contributed by atoms with Crippen molar-refractivity contribution in [2.45, 2.75) is 19.8 Å². The molecule has 0 fully saturated rings. The average Bonchev–Trinajstić information content (AvgIpc) is 3.24.